The first-order valence-corrected chi connectivity index (χ1v) is 7.01. The first-order valence-electron chi connectivity index (χ1n) is 7.01. The van der Waals surface area contributed by atoms with E-state index in [9.17, 15) is 9.59 Å². The van der Waals surface area contributed by atoms with E-state index in [1.165, 1.54) is 0 Å². The fraction of sp³-hybridized carbons (Fsp3) is 0.375. The lowest BCUT2D eigenvalue weighted by molar-refractivity contribution is -0.156. The van der Waals surface area contributed by atoms with E-state index in [0.717, 1.165) is 11.0 Å². The summed E-state index contributed by atoms with van der Waals surface area (Å²) < 4.78 is 5.68. The Morgan fingerprint density at radius 3 is 2.62 bits per heavy atom. The standard InChI is InChI=1S/C16H17NO4/c1-17(15(18)12-6-7-13(12)16(19)20)9-11-8-10-4-2-3-5-14(10)21-11/h2-5,8,12-13H,6-7,9H2,1H3,(H,19,20). The third-order valence-electron chi connectivity index (χ3n) is 4.15. The summed E-state index contributed by atoms with van der Waals surface area (Å²) in [4.78, 5) is 24.8. The van der Waals surface area contributed by atoms with Crippen molar-refractivity contribution in [2.45, 2.75) is 19.4 Å². The summed E-state index contributed by atoms with van der Waals surface area (Å²) in [6, 6.07) is 9.58. The molecule has 3 rings (SSSR count). The molecule has 0 bridgehead atoms. The lowest BCUT2D eigenvalue weighted by Gasteiger charge is -2.34. The van der Waals surface area contributed by atoms with E-state index in [-0.39, 0.29) is 5.91 Å². The zero-order chi connectivity index (χ0) is 15.0. The molecule has 2 aromatic rings. The fourth-order valence-corrected chi connectivity index (χ4v) is 2.80. The normalized spacial score (nSPS) is 21.0. The number of amides is 1. The number of carbonyl (C=O) groups excluding carboxylic acids is 1. The van der Waals surface area contributed by atoms with E-state index in [2.05, 4.69) is 0 Å². The van der Waals surface area contributed by atoms with Gasteiger partial charge in [0.2, 0.25) is 5.91 Å². The van der Waals surface area contributed by atoms with Crippen molar-refractivity contribution in [1.82, 2.24) is 4.90 Å². The third-order valence-corrected chi connectivity index (χ3v) is 4.15. The molecular weight excluding hydrogens is 270 g/mol. The van der Waals surface area contributed by atoms with Gasteiger partial charge in [0.15, 0.2) is 0 Å². The summed E-state index contributed by atoms with van der Waals surface area (Å²) in [5.41, 5.74) is 0.792. The Morgan fingerprint density at radius 2 is 2.00 bits per heavy atom. The van der Waals surface area contributed by atoms with Gasteiger partial charge in [0.05, 0.1) is 18.4 Å². The summed E-state index contributed by atoms with van der Waals surface area (Å²) in [6.45, 7) is 0.357. The van der Waals surface area contributed by atoms with E-state index in [0.29, 0.717) is 25.1 Å². The fourth-order valence-electron chi connectivity index (χ4n) is 2.80. The average Bonchev–Trinajstić information content (AvgIpc) is 2.78. The van der Waals surface area contributed by atoms with Crippen molar-refractivity contribution < 1.29 is 19.1 Å². The van der Waals surface area contributed by atoms with Gasteiger partial charge in [-0.3, -0.25) is 9.59 Å². The zero-order valence-corrected chi connectivity index (χ0v) is 11.8. The molecule has 1 fully saturated rings. The Hall–Kier alpha value is -2.30. The molecule has 1 aromatic heterocycles. The number of hydrogen-bond acceptors (Lipinski definition) is 3. The molecule has 1 aliphatic carbocycles. The predicted molar refractivity (Wildman–Crippen MR) is 76.5 cm³/mol. The molecule has 1 aliphatic rings. The van der Waals surface area contributed by atoms with Crippen LogP contribution in [0.3, 0.4) is 0 Å². The first kappa shape index (κ1) is 13.7. The van der Waals surface area contributed by atoms with Gasteiger partial charge in [0.25, 0.3) is 0 Å². The molecule has 5 nitrogen and oxygen atoms in total. The molecule has 110 valence electrons. The van der Waals surface area contributed by atoms with Crippen LogP contribution >= 0.6 is 0 Å². The van der Waals surface area contributed by atoms with Crippen LogP contribution < -0.4 is 0 Å². The van der Waals surface area contributed by atoms with Gasteiger partial charge < -0.3 is 14.4 Å². The van der Waals surface area contributed by atoms with Gasteiger partial charge in [-0.1, -0.05) is 18.2 Å². The van der Waals surface area contributed by atoms with Crippen LogP contribution in [-0.4, -0.2) is 28.9 Å². The molecule has 5 heteroatoms. The third kappa shape index (κ3) is 2.51. The number of benzene rings is 1. The highest BCUT2D eigenvalue weighted by atomic mass is 16.4. The number of rotatable bonds is 4. The van der Waals surface area contributed by atoms with Crippen LogP contribution in [0.25, 0.3) is 11.0 Å². The number of nitrogens with zero attached hydrogens (tertiary/aromatic N) is 1. The lowest BCUT2D eigenvalue weighted by atomic mass is 9.73. The summed E-state index contributed by atoms with van der Waals surface area (Å²) in [5.74, 6) is -1.21. The molecule has 21 heavy (non-hydrogen) atoms. The van der Waals surface area contributed by atoms with E-state index < -0.39 is 17.8 Å². The molecule has 1 saturated carbocycles. The maximum Gasteiger partial charge on any atom is 0.307 e. The molecule has 2 unspecified atom stereocenters. The maximum atomic E-state index is 12.3. The summed E-state index contributed by atoms with van der Waals surface area (Å²) in [6.07, 6.45) is 1.24. The van der Waals surface area contributed by atoms with Crippen LogP contribution in [0.4, 0.5) is 0 Å². The Kier molecular flexibility index (Phi) is 3.41. The van der Waals surface area contributed by atoms with Crippen molar-refractivity contribution in [3.05, 3.63) is 36.1 Å². The Bertz CT molecular complexity index is 657. The molecule has 0 aliphatic heterocycles. The minimum Gasteiger partial charge on any atom is -0.481 e. The van der Waals surface area contributed by atoms with Gasteiger partial charge in [0, 0.05) is 12.4 Å². The molecule has 0 saturated heterocycles. The molecule has 2 atom stereocenters. The Labute approximate surface area is 122 Å². The van der Waals surface area contributed by atoms with Crippen LogP contribution in [0.15, 0.2) is 34.7 Å². The van der Waals surface area contributed by atoms with E-state index in [1.54, 1.807) is 11.9 Å². The van der Waals surface area contributed by atoms with Crippen LogP contribution in [-0.2, 0) is 16.1 Å². The van der Waals surface area contributed by atoms with Crippen LogP contribution in [0.5, 0.6) is 0 Å². The molecule has 0 spiro atoms. The van der Waals surface area contributed by atoms with Gasteiger partial charge >= 0.3 is 5.97 Å². The minimum absolute atomic E-state index is 0.117. The van der Waals surface area contributed by atoms with E-state index in [4.69, 9.17) is 9.52 Å². The average molecular weight is 287 g/mol. The van der Waals surface area contributed by atoms with Gasteiger partial charge in [0.1, 0.15) is 11.3 Å². The predicted octanol–water partition coefficient (Wildman–Crippen LogP) is 2.50. The van der Waals surface area contributed by atoms with E-state index in [1.807, 2.05) is 30.3 Å². The summed E-state index contributed by atoms with van der Waals surface area (Å²) >= 11 is 0. The van der Waals surface area contributed by atoms with Gasteiger partial charge in [-0.25, -0.2) is 0 Å². The van der Waals surface area contributed by atoms with Crippen LogP contribution in [0.1, 0.15) is 18.6 Å². The number of carboxylic acid groups (broad SMARTS) is 1. The molecule has 1 N–H and O–H groups in total. The van der Waals surface area contributed by atoms with Crippen molar-refractivity contribution in [3.63, 3.8) is 0 Å². The highest BCUT2D eigenvalue weighted by Gasteiger charge is 2.42. The second-order valence-corrected chi connectivity index (χ2v) is 5.57. The summed E-state index contributed by atoms with van der Waals surface area (Å²) in [5, 5.41) is 10.0. The second-order valence-electron chi connectivity index (χ2n) is 5.57. The molecule has 1 heterocycles. The number of hydrogen-bond donors (Lipinski definition) is 1. The molecule has 1 aromatic carbocycles. The van der Waals surface area contributed by atoms with Crippen molar-refractivity contribution >= 4 is 22.8 Å². The highest BCUT2D eigenvalue weighted by Crippen LogP contribution is 2.36. The van der Waals surface area contributed by atoms with Crippen molar-refractivity contribution in [1.29, 1.82) is 0 Å². The van der Waals surface area contributed by atoms with Gasteiger partial charge in [-0.2, -0.15) is 0 Å². The number of furan rings is 1. The SMILES string of the molecule is CN(Cc1cc2ccccc2o1)C(=O)C1CCC1C(=O)O. The number of aliphatic carboxylic acids is 1. The van der Waals surface area contributed by atoms with Crippen LogP contribution in [0, 0.1) is 11.8 Å². The number of carboxylic acids is 1. The topological polar surface area (TPSA) is 70.8 Å². The van der Waals surface area contributed by atoms with Gasteiger partial charge in [-0.15, -0.1) is 0 Å². The summed E-state index contributed by atoms with van der Waals surface area (Å²) in [7, 11) is 1.69. The number of carbonyl (C=O) groups is 2. The second kappa shape index (κ2) is 5.24. The number of para-hydroxylation sites is 1. The Morgan fingerprint density at radius 1 is 1.29 bits per heavy atom. The van der Waals surface area contributed by atoms with Crippen molar-refractivity contribution in [2.75, 3.05) is 7.05 Å². The smallest absolute Gasteiger partial charge is 0.307 e. The molecular formula is C16H17NO4. The Balaban J connectivity index is 1.69. The monoisotopic (exact) mass is 287 g/mol. The zero-order valence-electron chi connectivity index (χ0n) is 11.8. The lowest BCUT2D eigenvalue weighted by Crippen LogP contribution is -2.44. The largest absolute Gasteiger partial charge is 0.481 e. The minimum atomic E-state index is -0.878. The first-order chi connectivity index (χ1) is 10.1. The highest BCUT2D eigenvalue weighted by molar-refractivity contribution is 5.86. The maximum absolute atomic E-state index is 12.3. The number of fused-ring (bicyclic) bond motifs is 1. The van der Waals surface area contributed by atoms with Crippen LogP contribution in [0.2, 0.25) is 0 Å². The van der Waals surface area contributed by atoms with Crippen molar-refractivity contribution in [3.8, 4) is 0 Å². The quantitative estimate of drug-likeness (QED) is 0.938. The van der Waals surface area contributed by atoms with Crippen molar-refractivity contribution in [2.24, 2.45) is 11.8 Å². The molecule has 1 amide bonds. The van der Waals surface area contributed by atoms with Gasteiger partial charge in [-0.05, 0) is 25.0 Å². The molecule has 0 radical (unpaired) electrons. The van der Waals surface area contributed by atoms with E-state index >= 15 is 0 Å².